The average molecular weight is 373 g/mol. The van der Waals surface area contributed by atoms with Crippen LogP contribution < -0.4 is 5.32 Å². The van der Waals surface area contributed by atoms with Crippen molar-refractivity contribution in [2.24, 2.45) is 0 Å². The van der Waals surface area contributed by atoms with Crippen molar-refractivity contribution in [2.45, 2.75) is 34.2 Å². The van der Waals surface area contributed by atoms with E-state index in [4.69, 9.17) is 4.42 Å². The standard InChI is InChI=1S/C23H23N3O2/c1-15-7-5-9-22(17(15)3)26-16(2)11-19(18(26)4)12-20(13-24)23(27)25-14-21-8-6-10-28-21/h5-12H,14H2,1-4H3,(H,25,27)/b20-12+. The molecule has 0 aliphatic carbocycles. The number of hydrogen-bond donors (Lipinski definition) is 1. The normalized spacial score (nSPS) is 11.3. The molecule has 2 heterocycles. The summed E-state index contributed by atoms with van der Waals surface area (Å²) in [6.07, 6.45) is 3.19. The first-order chi connectivity index (χ1) is 13.4. The van der Waals surface area contributed by atoms with E-state index in [1.807, 2.05) is 32.0 Å². The predicted molar refractivity (Wildman–Crippen MR) is 109 cm³/mol. The smallest absolute Gasteiger partial charge is 0.262 e. The molecular weight excluding hydrogens is 350 g/mol. The van der Waals surface area contributed by atoms with Gasteiger partial charge in [-0.15, -0.1) is 0 Å². The number of amides is 1. The van der Waals surface area contributed by atoms with Crippen molar-refractivity contribution < 1.29 is 9.21 Å². The Balaban J connectivity index is 1.91. The highest BCUT2D eigenvalue weighted by atomic mass is 16.3. The zero-order valence-electron chi connectivity index (χ0n) is 16.5. The molecule has 0 radical (unpaired) electrons. The van der Waals surface area contributed by atoms with Crippen LogP contribution >= 0.6 is 0 Å². The SMILES string of the molecule is Cc1cccc(-n2c(C)cc(/C=C(\C#N)C(=O)NCc3ccco3)c2C)c1C. The van der Waals surface area contributed by atoms with E-state index < -0.39 is 5.91 Å². The molecule has 0 spiro atoms. The fourth-order valence-corrected chi connectivity index (χ4v) is 3.26. The Hall–Kier alpha value is -3.52. The highest BCUT2D eigenvalue weighted by molar-refractivity contribution is 6.01. The van der Waals surface area contributed by atoms with Gasteiger partial charge in [0.2, 0.25) is 0 Å². The molecule has 1 amide bonds. The molecule has 5 nitrogen and oxygen atoms in total. The summed E-state index contributed by atoms with van der Waals surface area (Å²) >= 11 is 0. The summed E-state index contributed by atoms with van der Waals surface area (Å²) in [5.74, 6) is 0.217. The Morgan fingerprint density at radius 1 is 1.21 bits per heavy atom. The van der Waals surface area contributed by atoms with Crippen LogP contribution in [0, 0.1) is 39.0 Å². The van der Waals surface area contributed by atoms with Gasteiger partial charge in [0.05, 0.1) is 12.8 Å². The number of carbonyl (C=O) groups excluding carboxylic acids is 1. The molecule has 1 aromatic carbocycles. The second-order valence-electron chi connectivity index (χ2n) is 6.81. The highest BCUT2D eigenvalue weighted by Gasteiger charge is 2.15. The summed E-state index contributed by atoms with van der Waals surface area (Å²) in [6, 6.07) is 13.7. The molecule has 3 aromatic rings. The maximum Gasteiger partial charge on any atom is 0.262 e. The van der Waals surface area contributed by atoms with Crippen molar-refractivity contribution in [3.63, 3.8) is 0 Å². The van der Waals surface area contributed by atoms with Gasteiger partial charge in [0, 0.05) is 17.1 Å². The van der Waals surface area contributed by atoms with Gasteiger partial charge in [-0.05, 0) is 74.7 Å². The summed E-state index contributed by atoms with van der Waals surface area (Å²) in [6.45, 7) is 8.45. The average Bonchev–Trinajstić information content (AvgIpc) is 3.28. The lowest BCUT2D eigenvalue weighted by Gasteiger charge is -2.14. The van der Waals surface area contributed by atoms with Gasteiger partial charge in [-0.3, -0.25) is 4.79 Å². The van der Waals surface area contributed by atoms with Crippen molar-refractivity contribution in [3.8, 4) is 11.8 Å². The summed E-state index contributed by atoms with van der Waals surface area (Å²) in [7, 11) is 0. The summed E-state index contributed by atoms with van der Waals surface area (Å²) in [4.78, 5) is 12.4. The highest BCUT2D eigenvalue weighted by Crippen LogP contribution is 2.26. The number of benzene rings is 1. The van der Waals surface area contributed by atoms with Crippen LogP contribution in [0.15, 0.2) is 52.7 Å². The molecule has 1 N–H and O–H groups in total. The summed E-state index contributed by atoms with van der Waals surface area (Å²) < 4.78 is 7.36. The second-order valence-corrected chi connectivity index (χ2v) is 6.81. The van der Waals surface area contributed by atoms with Crippen molar-refractivity contribution in [1.29, 1.82) is 5.26 Å². The first-order valence-corrected chi connectivity index (χ1v) is 9.10. The second kappa shape index (κ2) is 8.01. The van der Waals surface area contributed by atoms with Gasteiger partial charge in [0.1, 0.15) is 17.4 Å². The minimum atomic E-state index is -0.421. The first-order valence-electron chi connectivity index (χ1n) is 9.10. The first kappa shape index (κ1) is 19.2. The number of carbonyl (C=O) groups is 1. The van der Waals surface area contributed by atoms with Crippen LogP contribution in [-0.4, -0.2) is 10.5 Å². The molecule has 0 bridgehead atoms. The number of aromatic nitrogens is 1. The topological polar surface area (TPSA) is 71.0 Å². The van der Waals surface area contributed by atoms with Crippen molar-refractivity contribution in [1.82, 2.24) is 9.88 Å². The third kappa shape index (κ3) is 3.77. The lowest BCUT2D eigenvalue weighted by Crippen LogP contribution is -2.23. The number of aryl methyl sites for hydroxylation is 2. The molecular formula is C23H23N3O2. The van der Waals surface area contributed by atoms with E-state index >= 15 is 0 Å². The van der Waals surface area contributed by atoms with Gasteiger partial charge in [-0.1, -0.05) is 12.1 Å². The van der Waals surface area contributed by atoms with Crippen LogP contribution in [0.5, 0.6) is 0 Å². The number of nitriles is 1. The predicted octanol–water partition coefficient (Wildman–Crippen LogP) is 4.53. The molecule has 2 aromatic heterocycles. The molecule has 28 heavy (non-hydrogen) atoms. The van der Waals surface area contributed by atoms with E-state index in [1.165, 1.54) is 11.1 Å². The van der Waals surface area contributed by atoms with Gasteiger partial charge >= 0.3 is 0 Å². The molecule has 3 rings (SSSR count). The Morgan fingerprint density at radius 3 is 2.68 bits per heavy atom. The number of nitrogens with one attached hydrogen (secondary N) is 1. The fraction of sp³-hybridized carbons (Fsp3) is 0.217. The Labute approximate surface area is 164 Å². The van der Waals surface area contributed by atoms with Crippen LogP contribution in [0.2, 0.25) is 0 Å². The lowest BCUT2D eigenvalue weighted by molar-refractivity contribution is -0.117. The van der Waals surface area contributed by atoms with E-state index in [1.54, 1.807) is 24.5 Å². The molecule has 0 fully saturated rings. The molecule has 0 saturated heterocycles. The maximum absolute atomic E-state index is 12.4. The van der Waals surface area contributed by atoms with E-state index in [2.05, 4.69) is 35.9 Å². The Morgan fingerprint density at radius 2 is 2.00 bits per heavy atom. The van der Waals surface area contributed by atoms with Crippen LogP contribution in [0.3, 0.4) is 0 Å². The van der Waals surface area contributed by atoms with Gasteiger partial charge in [-0.2, -0.15) is 5.26 Å². The van der Waals surface area contributed by atoms with Gasteiger partial charge in [0.15, 0.2) is 0 Å². The minimum absolute atomic E-state index is 0.0628. The number of hydrogen-bond acceptors (Lipinski definition) is 3. The Kier molecular flexibility index (Phi) is 5.51. The zero-order valence-corrected chi connectivity index (χ0v) is 16.5. The largest absolute Gasteiger partial charge is 0.467 e. The monoisotopic (exact) mass is 373 g/mol. The maximum atomic E-state index is 12.4. The Bertz CT molecular complexity index is 1080. The summed E-state index contributed by atoms with van der Waals surface area (Å²) in [5.41, 5.74) is 6.48. The van der Waals surface area contributed by atoms with Gasteiger partial charge < -0.3 is 14.3 Å². The van der Waals surface area contributed by atoms with Gasteiger partial charge in [-0.25, -0.2) is 0 Å². The zero-order chi connectivity index (χ0) is 20.3. The van der Waals surface area contributed by atoms with E-state index in [0.717, 1.165) is 22.6 Å². The molecule has 5 heteroatoms. The summed E-state index contributed by atoms with van der Waals surface area (Å²) in [5, 5.41) is 12.2. The van der Waals surface area contributed by atoms with E-state index in [0.29, 0.717) is 5.76 Å². The third-order valence-corrected chi connectivity index (χ3v) is 4.96. The molecule has 0 atom stereocenters. The van der Waals surface area contributed by atoms with E-state index in [-0.39, 0.29) is 12.1 Å². The molecule has 0 unspecified atom stereocenters. The third-order valence-electron chi connectivity index (χ3n) is 4.96. The van der Waals surface area contributed by atoms with Crippen LogP contribution in [0.4, 0.5) is 0 Å². The minimum Gasteiger partial charge on any atom is -0.467 e. The molecule has 142 valence electrons. The fourth-order valence-electron chi connectivity index (χ4n) is 3.26. The van der Waals surface area contributed by atoms with Crippen LogP contribution in [-0.2, 0) is 11.3 Å². The number of rotatable bonds is 5. The quantitative estimate of drug-likeness (QED) is 0.528. The molecule has 0 aliphatic rings. The number of nitrogens with zero attached hydrogens (tertiary/aromatic N) is 2. The van der Waals surface area contributed by atoms with Crippen molar-refractivity contribution in [3.05, 3.63) is 82.1 Å². The van der Waals surface area contributed by atoms with Crippen molar-refractivity contribution >= 4 is 12.0 Å². The lowest BCUT2D eigenvalue weighted by atomic mass is 10.1. The van der Waals surface area contributed by atoms with Crippen LogP contribution in [0.25, 0.3) is 11.8 Å². The van der Waals surface area contributed by atoms with Crippen molar-refractivity contribution in [2.75, 3.05) is 0 Å². The van der Waals surface area contributed by atoms with Crippen LogP contribution in [0.1, 0.15) is 33.8 Å². The van der Waals surface area contributed by atoms with Gasteiger partial charge in [0.25, 0.3) is 5.91 Å². The molecule has 0 aliphatic heterocycles. The number of furan rings is 1. The molecule has 0 saturated carbocycles. The van der Waals surface area contributed by atoms with E-state index in [9.17, 15) is 10.1 Å².